The van der Waals surface area contributed by atoms with Crippen LogP contribution in [0.15, 0.2) is 18.2 Å². The molecule has 1 fully saturated rings. The summed E-state index contributed by atoms with van der Waals surface area (Å²) in [4.78, 5) is 13.2. The van der Waals surface area contributed by atoms with Crippen molar-refractivity contribution < 1.29 is 13.9 Å². The summed E-state index contributed by atoms with van der Waals surface area (Å²) in [7, 11) is 1.55. The monoisotopic (exact) mass is 372 g/mol. The van der Waals surface area contributed by atoms with Crippen LogP contribution in [0.4, 0.5) is 4.39 Å². The first kappa shape index (κ1) is 19.1. The molecule has 0 aliphatic heterocycles. The quantitative estimate of drug-likeness (QED) is 0.861. The highest BCUT2D eigenvalue weighted by Crippen LogP contribution is 2.34. The molecule has 3 N–H and O–H groups in total. The Kier molecular flexibility index (Phi) is 6.57. The molecule has 0 radical (unpaired) electrons. The van der Waals surface area contributed by atoms with E-state index in [1.165, 1.54) is 17.4 Å². The van der Waals surface area contributed by atoms with Crippen molar-refractivity contribution in [2.75, 3.05) is 7.11 Å². The molecule has 1 saturated carbocycles. The number of halogens is 2. The lowest BCUT2D eigenvalue weighted by Gasteiger charge is -2.26. The number of nitrogens with one attached hydrogen (secondary N) is 1. The Balaban J connectivity index is 0.00000208. The number of methoxy groups -OCH3 is 1. The molecule has 1 aliphatic carbocycles. The maximum Gasteiger partial charge on any atom is 0.261 e. The topological polar surface area (TPSA) is 64.3 Å². The molecule has 0 saturated heterocycles. The standard InChI is InChI=1S/C17H21FN2O2S.ClH/c1-22-9-12-15-13(18)3-2-4-14(15)23-16(12)17(21)20-11-7-5-10(19)6-8-11;/h2-4,10-11H,5-9,19H2,1H3,(H,20,21);1H. The van der Waals surface area contributed by atoms with Crippen molar-refractivity contribution >= 4 is 39.7 Å². The first-order chi connectivity index (χ1) is 11.1. The van der Waals surface area contributed by atoms with Gasteiger partial charge in [0.2, 0.25) is 0 Å². The molecule has 4 nitrogen and oxygen atoms in total. The average Bonchev–Trinajstić information content (AvgIpc) is 2.90. The summed E-state index contributed by atoms with van der Waals surface area (Å²) in [5.41, 5.74) is 6.54. The first-order valence-corrected chi connectivity index (χ1v) is 8.67. The van der Waals surface area contributed by atoms with E-state index in [0.29, 0.717) is 15.8 Å². The predicted molar refractivity (Wildman–Crippen MR) is 97.4 cm³/mol. The maximum absolute atomic E-state index is 14.2. The van der Waals surface area contributed by atoms with Crippen LogP contribution >= 0.6 is 23.7 Å². The van der Waals surface area contributed by atoms with E-state index in [1.54, 1.807) is 13.2 Å². The smallest absolute Gasteiger partial charge is 0.261 e. The van der Waals surface area contributed by atoms with Gasteiger partial charge in [0.1, 0.15) is 5.82 Å². The van der Waals surface area contributed by atoms with E-state index >= 15 is 0 Å². The van der Waals surface area contributed by atoms with Crippen molar-refractivity contribution in [3.8, 4) is 0 Å². The Morgan fingerprint density at radius 2 is 2.08 bits per heavy atom. The van der Waals surface area contributed by atoms with Gasteiger partial charge in [-0.15, -0.1) is 23.7 Å². The molecule has 1 amide bonds. The van der Waals surface area contributed by atoms with Gasteiger partial charge in [0, 0.05) is 34.8 Å². The van der Waals surface area contributed by atoms with Crippen LogP contribution < -0.4 is 11.1 Å². The molecule has 1 aromatic heterocycles. The SMILES string of the molecule is COCc1c(C(=O)NC2CCC(N)CC2)sc2cccc(F)c12.Cl. The molecule has 0 bridgehead atoms. The lowest BCUT2D eigenvalue weighted by Crippen LogP contribution is -2.40. The van der Waals surface area contributed by atoms with Crippen molar-refractivity contribution in [1.29, 1.82) is 0 Å². The molecule has 1 aliphatic rings. The molecular formula is C17H22ClFN2O2S. The molecule has 0 spiro atoms. The summed E-state index contributed by atoms with van der Waals surface area (Å²) in [6.07, 6.45) is 3.64. The van der Waals surface area contributed by atoms with Crippen LogP contribution in [0.25, 0.3) is 10.1 Å². The highest BCUT2D eigenvalue weighted by Gasteiger charge is 2.24. The summed E-state index contributed by atoms with van der Waals surface area (Å²) >= 11 is 1.32. The Morgan fingerprint density at radius 3 is 2.75 bits per heavy atom. The number of fused-ring (bicyclic) bond motifs is 1. The van der Waals surface area contributed by atoms with Crippen molar-refractivity contribution in [2.45, 2.75) is 44.4 Å². The van der Waals surface area contributed by atoms with Gasteiger partial charge >= 0.3 is 0 Å². The highest BCUT2D eigenvalue weighted by atomic mass is 35.5. The van der Waals surface area contributed by atoms with E-state index in [-0.39, 0.29) is 42.8 Å². The molecule has 7 heteroatoms. The van der Waals surface area contributed by atoms with Crippen LogP contribution in [-0.4, -0.2) is 25.1 Å². The van der Waals surface area contributed by atoms with Crippen molar-refractivity contribution in [1.82, 2.24) is 5.32 Å². The van der Waals surface area contributed by atoms with Gasteiger partial charge in [-0.3, -0.25) is 4.79 Å². The number of ether oxygens (including phenoxy) is 1. The lowest BCUT2D eigenvalue weighted by molar-refractivity contribution is 0.0926. The molecule has 0 unspecified atom stereocenters. The Labute approximate surface area is 151 Å². The van der Waals surface area contributed by atoms with Gasteiger partial charge in [-0.2, -0.15) is 0 Å². The fourth-order valence-electron chi connectivity index (χ4n) is 3.15. The van der Waals surface area contributed by atoms with Crippen LogP contribution in [0.5, 0.6) is 0 Å². The first-order valence-electron chi connectivity index (χ1n) is 7.85. The molecule has 0 atom stereocenters. The number of rotatable bonds is 4. The Bertz CT molecular complexity index is 714. The van der Waals surface area contributed by atoms with E-state index in [2.05, 4.69) is 5.32 Å². The number of carbonyl (C=O) groups excluding carboxylic acids is 1. The number of thiophene rings is 1. The second-order valence-corrected chi connectivity index (χ2v) is 7.09. The third-order valence-electron chi connectivity index (χ3n) is 4.37. The van der Waals surface area contributed by atoms with Gasteiger partial charge in [-0.25, -0.2) is 4.39 Å². The number of amides is 1. The molecule has 2 aromatic rings. The predicted octanol–water partition coefficient (Wildman–Crippen LogP) is 3.61. The molecule has 1 heterocycles. The van der Waals surface area contributed by atoms with Gasteiger partial charge < -0.3 is 15.8 Å². The summed E-state index contributed by atoms with van der Waals surface area (Å²) in [5, 5.41) is 3.57. The number of nitrogens with two attached hydrogens (primary N) is 1. The molecule has 3 rings (SSSR count). The van der Waals surface area contributed by atoms with E-state index in [1.807, 2.05) is 6.07 Å². The molecule has 24 heavy (non-hydrogen) atoms. The van der Waals surface area contributed by atoms with Crippen molar-refractivity contribution in [3.63, 3.8) is 0 Å². The summed E-state index contributed by atoms with van der Waals surface area (Å²) in [5.74, 6) is -0.452. The zero-order valence-corrected chi connectivity index (χ0v) is 15.1. The van der Waals surface area contributed by atoms with Crippen LogP contribution in [0.1, 0.15) is 40.9 Å². The normalized spacial score (nSPS) is 20.6. The molecule has 1 aromatic carbocycles. The maximum atomic E-state index is 14.2. The number of hydrogen-bond acceptors (Lipinski definition) is 4. The fourth-order valence-corrected chi connectivity index (χ4v) is 4.27. The third-order valence-corrected chi connectivity index (χ3v) is 5.56. The fraction of sp³-hybridized carbons (Fsp3) is 0.471. The minimum Gasteiger partial charge on any atom is -0.380 e. The van der Waals surface area contributed by atoms with Crippen molar-refractivity contribution in [3.05, 3.63) is 34.5 Å². The van der Waals surface area contributed by atoms with Gasteiger partial charge in [-0.05, 0) is 37.8 Å². The van der Waals surface area contributed by atoms with Crippen LogP contribution in [-0.2, 0) is 11.3 Å². The van der Waals surface area contributed by atoms with E-state index in [9.17, 15) is 9.18 Å². The third kappa shape index (κ3) is 3.88. The number of benzene rings is 1. The summed E-state index contributed by atoms with van der Waals surface area (Å²) in [6.45, 7) is 0.221. The summed E-state index contributed by atoms with van der Waals surface area (Å²) in [6, 6.07) is 5.30. The second-order valence-electron chi connectivity index (χ2n) is 6.04. The zero-order valence-electron chi connectivity index (χ0n) is 13.5. The van der Waals surface area contributed by atoms with Crippen LogP contribution in [0, 0.1) is 5.82 Å². The van der Waals surface area contributed by atoms with Gasteiger partial charge in [0.25, 0.3) is 5.91 Å². The number of hydrogen-bond donors (Lipinski definition) is 2. The highest BCUT2D eigenvalue weighted by molar-refractivity contribution is 7.21. The minimum atomic E-state index is -0.312. The van der Waals surface area contributed by atoms with Gasteiger partial charge in [0.05, 0.1) is 11.5 Å². The second kappa shape index (κ2) is 8.25. The Hall–Kier alpha value is -1.21. The average molecular weight is 373 g/mol. The zero-order chi connectivity index (χ0) is 16.4. The van der Waals surface area contributed by atoms with Crippen molar-refractivity contribution in [2.24, 2.45) is 5.73 Å². The van der Waals surface area contributed by atoms with Crippen LogP contribution in [0.2, 0.25) is 0 Å². The minimum absolute atomic E-state index is 0. The molecule has 132 valence electrons. The van der Waals surface area contributed by atoms with Gasteiger partial charge in [-0.1, -0.05) is 6.07 Å². The van der Waals surface area contributed by atoms with E-state index < -0.39 is 0 Å². The van der Waals surface area contributed by atoms with E-state index in [4.69, 9.17) is 10.5 Å². The summed E-state index contributed by atoms with van der Waals surface area (Å²) < 4.78 is 20.1. The van der Waals surface area contributed by atoms with Crippen LogP contribution in [0.3, 0.4) is 0 Å². The lowest BCUT2D eigenvalue weighted by atomic mass is 9.92. The molecular weight excluding hydrogens is 351 g/mol. The largest absolute Gasteiger partial charge is 0.380 e. The Morgan fingerprint density at radius 1 is 1.38 bits per heavy atom. The van der Waals surface area contributed by atoms with E-state index in [0.717, 1.165) is 30.4 Å². The number of carbonyl (C=O) groups is 1. The van der Waals surface area contributed by atoms with Gasteiger partial charge in [0.15, 0.2) is 0 Å².